The van der Waals surface area contributed by atoms with Crippen LogP contribution in [0.1, 0.15) is 0 Å². The maximum absolute atomic E-state index is 6.94. The van der Waals surface area contributed by atoms with Crippen molar-refractivity contribution in [3.8, 4) is 17.1 Å². The lowest BCUT2D eigenvalue weighted by Gasteiger charge is -2.27. The minimum Gasteiger partial charge on any atom is -0.434 e. The van der Waals surface area contributed by atoms with Crippen molar-refractivity contribution >= 4 is 103 Å². The lowest BCUT2D eigenvalue weighted by atomic mass is 10.0. The van der Waals surface area contributed by atoms with E-state index in [1.807, 2.05) is 11.3 Å². The van der Waals surface area contributed by atoms with Crippen LogP contribution in [-0.4, -0.2) is 9.55 Å². The Morgan fingerprint density at radius 2 is 1.18 bits per heavy atom. The Morgan fingerprint density at radius 3 is 2.07 bits per heavy atom. The van der Waals surface area contributed by atoms with Crippen molar-refractivity contribution in [3.05, 3.63) is 188 Å². The molecule has 0 saturated heterocycles. The summed E-state index contributed by atoms with van der Waals surface area (Å²) in [4.78, 5) is 7.53. The van der Waals surface area contributed by atoms with Crippen LogP contribution < -0.4 is 4.90 Å². The summed E-state index contributed by atoms with van der Waals surface area (Å²) in [6.45, 7) is 0. The molecule has 9 aromatic carbocycles. The average Bonchev–Trinajstić information content (AvgIpc) is 3.96. The molecule has 0 saturated carbocycles. The van der Waals surface area contributed by atoms with Crippen molar-refractivity contribution in [3.63, 3.8) is 0 Å². The molecule has 262 valence electrons. The molecule has 0 atom stereocenters. The third kappa shape index (κ3) is 4.62. The largest absolute Gasteiger partial charge is 0.434 e. The monoisotopic (exact) mass is 733 g/mol. The van der Waals surface area contributed by atoms with Gasteiger partial charge in [-0.25, -0.2) is 4.98 Å². The Hall–Kier alpha value is -7.21. The predicted octanol–water partition coefficient (Wildman–Crippen LogP) is 14.7. The minimum absolute atomic E-state index is 0.606. The van der Waals surface area contributed by atoms with E-state index in [4.69, 9.17) is 9.40 Å². The molecule has 5 heteroatoms. The van der Waals surface area contributed by atoms with Gasteiger partial charge in [-0.2, -0.15) is 0 Å². The Morgan fingerprint density at radius 1 is 0.482 bits per heavy atom. The summed E-state index contributed by atoms with van der Waals surface area (Å²) in [7, 11) is 0. The number of benzene rings is 9. The van der Waals surface area contributed by atoms with Gasteiger partial charge in [0.15, 0.2) is 5.58 Å². The van der Waals surface area contributed by atoms with E-state index in [-0.39, 0.29) is 0 Å². The molecular formula is C51H31N3OS. The Kier molecular flexibility index (Phi) is 6.76. The van der Waals surface area contributed by atoms with Crippen LogP contribution >= 0.6 is 11.3 Å². The summed E-state index contributed by atoms with van der Waals surface area (Å²) in [6.07, 6.45) is 0. The number of hydrogen-bond acceptors (Lipinski definition) is 4. The molecule has 0 aliphatic carbocycles. The number of aromatic nitrogens is 2. The van der Waals surface area contributed by atoms with Crippen LogP contribution in [0.15, 0.2) is 192 Å². The van der Waals surface area contributed by atoms with Gasteiger partial charge in [-0.15, -0.1) is 11.3 Å². The number of rotatable bonds is 5. The number of anilines is 3. The molecule has 0 fully saturated rings. The van der Waals surface area contributed by atoms with Crippen LogP contribution in [0.4, 0.5) is 17.1 Å². The van der Waals surface area contributed by atoms with Crippen molar-refractivity contribution in [1.29, 1.82) is 0 Å². The summed E-state index contributed by atoms with van der Waals surface area (Å²) < 4.78 is 11.9. The molecule has 0 bridgehead atoms. The fourth-order valence-electron chi connectivity index (χ4n) is 8.73. The third-order valence-electron chi connectivity index (χ3n) is 11.2. The number of para-hydroxylation sites is 3. The Balaban J connectivity index is 1.19. The van der Waals surface area contributed by atoms with E-state index in [2.05, 4.69) is 198 Å². The van der Waals surface area contributed by atoms with Crippen molar-refractivity contribution < 1.29 is 4.42 Å². The molecule has 3 aromatic heterocycles. The fraction of sp³-hybridized carbons (Fsp3) is 0. The zero-order chi connectivity index (χ0) is 36.7. The molecule has 4 nitrogen and oxygen atoms in total. The van der Waals surface area contributed by atoms with Crippen LogP contribution in [-0.2, 0) is 0 Å². The molecule has 12 aromatic rings. The van der Waals surface area contributed by atoms with Crippen molar-refractivity contribution in [2.75, 3.05) is 4.90 Å². The predicted molar refractivity (Wildman–Crippen MR) is 236 cm³/mol. The number of oxazole rings is 1. The van der Waals surface area contributed by atoms with Gasteiger partial charge in [0.2, 0.25) is 5.89 Å². The van der Waals surface area contributed by atoms with Gasteiger partial charge in [0.05, 0.1) is 22.4 Å². The number of fused-ring (bicyclic) bond motifs is 10. The van der Waals surface area contributed by atoms with E-state index in [9.17, 15) is 0 Å². The maximum atomic E-state index is 6.94. The molecule has 0 radical (unpaired) electrons. The van der Waals surface area contributed by atoms with E-state index in [0.29, 0.717) is 5.89 Å². The first kappa shape index (κ1) is 31.2. The van der Waals surface area contributed by atoms with E-state index >= 15 is 0 Å². The fourth-order valence-corrected chi connectivity index (χ4v) is 9.82. The summed E-state index contributed by atoms with van der Waals surface area (Å²) >= 11 is 1.83. The van der Waals surface area contributed by atoms with Gasteiger partial charge in [-0.1, -0.05) is 121 Å². The summed E-state index contributed by atoms with van der Waals surface area (Å²) in [5, 5.41) is 9.47. The van der Waals surface area contributed by atoms with Crippen molar-refractivity contribution in [2.24, 2.45) is 0 Å². The molecule has 0 aliphatic rings. The van der Waals surface area contributed by atoms with E-state index < -0.39 is 0 Å². The molecular weight excluding hydrogens is 703 g/mol. The summed E-state index contributed by atoms with van der Waals surface area (Å²) in [5.74, 6) is 0.606. The number of hydrogen-bond donors (Lipinski definition) is 0. The van der Waals surface area contributed by atoms with Gasteiger partial charge in [0, 0.05) is 58.7 Å². The Bertz CT molecular complexity index is 3500. The molecule has 3 heterocycles. The van der Waals surface area contributed by atoms with Crippen LogP contribution in [0.25, 0.3) is 91.8 Å². The van der Waals surface area contributed by atoms with Gasteiger partial charge in [-0.3, -0.25) is 0 Å². The second-order valence-corrected chi connectivity index (χ2v) is 15.4. The number of nitrogens with zero attached hydrogens (tertiary/aromatic N) is 3. The lowest BCUT2D eigenvalue weighted by molar-refractivity contribution is 0.621. The van der Waals surface area contributed by atoms with Crippen molar-refractivity contribution in [1.82, 2.24) is 9.55 Å². The summed E-state index contributed by atoms with van der Waals surface area (Å²) in [6, 6.07) is 67.3. The first-order valence-electron chi connectivity index (χ1n) is 18.9. The topological polar surface area (TPSA) is 34.2 Å². The van der Waals surface area contributed by atoms with E-state index in [1.165, 1.54) is 47.4 Å². The maximum Gasteiger partial charge on any atom is 0.228 e. The molecule has 0 spiro atoms. The van der Waals surface area contributed by atoms with Gasteiger partial charge < -0.3 is 13.9 Å². The molecule has 0 N–H and O–H groups in total. The van der Waals surface area contributed by atoms with Gasteiger partial charge in [0.25, 0.3) is 0 Å². The highest BCUT2D eigenvalue weighted by Gasteiger charge is 2.25. The SMILES string of the molecule is c1ccc(-n2c3ccccc3c3cc(N(c4ccc5sc6ccccc6c5c4)c4cccc5nc(-c6cccc7ccccc67)oc45)c4ccccc4c32)cc1. The van der Waals surface area contributed by atoms with Crippen LogP contribution in [0, 0.1) is 0 Å². The quantitative estimate of drug-likeness (QED) is 0.177. The lowest BCUT2D eigenvalue weighted by Crippen LogP contribution is -2.11. The third-order valence-corrected chi connectivity index (χ3v) is 12.3. The highest BCUT2D eigenvalue weighted by molar-refractivity contribution is 7.25. The smallest absolute Gasteiger partial charge is 0.228 e. The molecule has 0 aliphatic heterocycles. The summed E-state index contributed by atoms with van der Waals surface area (Å²) in [5.41, 5.74) is 9.06. The van der Waals surface area contributed by atoms with Gasteiger partial charge in [0.1, 0.15) is 5.52 Å². The zero-order valence-electron chi connectivity index (χ0n) is 30.1. The van der Waals surface area contributed by atoms with Crippen molar-refractivity contribution in [2.45, 2.75) is 0 Å². The molecule has 0 amide bonds. The van der Waals surface area contributed by atoms with Crippen LogP contribution in [0.2, 0.25) is 0 Å². The molecule has 56 heavy (non-hydrogen) atoms. The Labute approximate surface area is 325 Å². The standard InChI is InChI=1S/C51H31N3OS/c1-2-16-33(17-3-1)54-44-25-10-8-20-37(44)42-31-46(36-19-6-7-22-39(36)49(42)54)53(34-28-29-48-41(30-34)38-21-9-11-27-47(38)56-48)45-26-13-24-43-50(45)55-51(52-43)40-23-12-15-32-14-4-5-18-35(32)40/h1-31H. The first-order valence-corrected chi connectivity index (χ1v) is 19.7. The van der Waals surface area contributed by atoms with E-state index in [0.717, 1.165) is 55.6 Å². The van der Waals surface area contributed by atoms with Crippen LogP contribution in [0.3, 0.4) is 0 Å². The second-order valence-electron chi connectivity index (χ2n) is 14.3. The van der Waals surface area contributed by atoms with Crippen LogP contribution in [0.5, 0.6) is 0 Å². The second kappa shape index (κ2) is 12.2. The normalized spacial score (nSPS) is 11.9. The van der Waals surface area contributed by atoms with Gasteiger partial charge >= 0.3 is 0 Å². The first-order chi connectivity index (χ1) is 27.8. The average molecular weight is 734 g/mol. The highest BCUT2D eigenvalue weighted by atomic mass is 32.1. The zero-order valence-corrected chi connectivity index (χ0v) is 30.9. The highest BCUT2D eigenvalue weighted by Crippen LogP contribution is 2.48. The molecule has 0 unspecified atom stereocenters. The number of thiophene rings is 1. The van der Waals surface area contributed by atoms with Gasteiger partial charge in [-0.05, 0) is 77.5 Å². The molecule has 12 rings (SSSR count). The minimum atomic E-state index is 0.606. The van der Waals surface area contributed by atoms with E-state index in [1.54, 1.807) is 0 Å².